The van der Waals surface area contributed by atoms with Gasteiger partial charge in [0.1, 0.15) is 4.75 Å². The van der Waals surface area contributed by atoms with Crippen LogP contribution in [-0.4, -0.2) is 35.1 Å². The molecule has 1 amide bonds. The first-order valence-corrected chi connectivity index (χ1v) is 7.03. The number of hydrogen-bond donors (Lipinski definition) is 3. The molecule has 2 fully saturated rings. The van der Waals surface area contributed by atoms with Crippen molar-refractivity contribution in [2.24, 2.45) is 0 Å². The topological polar surface area (TPSA) is 79.8 Å². The number of fused-ring (bicyclic) bond motifs is 2. The van der Waals surface area contributed by atoms with Crippen LogP contribution in [0.15, 0.2) is 0 Å². The Morgan fingerprint density at radius 3 is 2.39 bits per heavy atom. The summed E-state index contributed by atoms with van der Waals surface area (Å²) >= 11 is 0.991. The molecule has 106 valence electrons. The molecule has 0 aromatic heterocycles. The van der Waals surface area contributed by atoms with E-state index in [0.29, 0.717) is 24.9 Å². The lowest BCUT2D eigenvalue weighted by Gasteiger charge is -2.37. The number of rotatable bonds is 4. The Labute approximate surface area is 112 Å². The van der Waals surface area contributed by atoms with Crippen molar-refractivity contribution in [2.75, 3.05) is 7.11 Å². The van der Waals surface area contributed by atoms with Gasteiger partial charge in [-0.3, -0.25) is 10.0 Å². The average molecular weight is 278 g/mol. The van der Waals surface area contributed by atoms with Crippen molar-refractivity contribution in [1.29, 1.82) is 0 Å². The summed E-state index contributed by atoms with van der Waals surface area (Å²) in [6.07, 6.45) is 3.42. The zero-order chi connectivity index (χ0) is 13.6. The Balaban J connectivity index is 0.000000771. The molecule has 2 aliphatic heterocycles. The van der Waals surface area contributed by atoms with Crippen molar-refractivity contribution < 1.29 is 19.2 Å². The van der Waals surface area contributed by atoms with E-state index in [1.54, 1.807) is 5.48 Å². The number of carbonyl (C=O) groups is 1. The largest absolute Gasteiger partial charge is 0.311 e. The fourth-order valence-corrected chi connectivity index (χ4v) is 3.45. The van der Waals surface area contributed by atoms with Crippen LogP contribution in [0.4, 0.5) is 0 Å². The molecule has 3 N–H and O–H groups in total. The van der Waals surface area contributed by atoms with Crippen molar-refractivity contribution in [2.45, 2.75) is 56.4 Å². The van der Waals surface area contributed by atoms with Crippen LogP contribution < -0.4 is 10.8 Å². The molecule has 0 saturated carbocycles. The van der Waals surface area contributed by atoms with E-state index in [0.717, 1.165) is 24.9 Å². The van der Waals surface area contributed by atoms with Crippen molar-refractivity contribution >= 4 is 17.9 Å². The third-order valence-electron chi connectivity index (χ3n) is 3.26. The fourth-order valence-electron chi connectivity index (χ4n) is 2.60. The summed E-state index contributed by atoms with van der Waals surface area (Å²) in [5.74, 6) is -0.409. The summed E-state index contributed by atoms with van der Waals surface area (Å²) < 4.78 is 4.09. The molecule has 2 aliphatic rings. The van der Waals surface area contributed by atoms with Crippen LogP contribution in [0.5, 0.6) is 0 Å². The zero-order valence-electron chi connectivity index (χ0n) is 11.1. The smallest absolute Gasteiger partial charge is 0.262 e. The van der Waals surface area contributed by atoms with Crippen molar-refractivity contribution in [3.8, 4) is 0 Å². The van der Waals surface area contributed by atoms with Gasteiger partial charge in [0, 0.05) is 24.1 Å². The molecular formula is C11H22N2O4S. The summed E-state index contributed by atoms with van der Waals surface area (Å²) in [7, 11) is 1.40. The number of hydroxylamine groups is 1. The summed E-state index contributed by atoms with van der Waals surface area (Å²) in [5, 5.41) is 12.2. The van der Waals surface area contributed by atoms with Gasteiger partial charge >= 0.3 is 0 Å². The molecule has 0 aliphatic carbocycles. The van der Waals surface area contributed by atoms with E-state index >= 15 is 0 Å². The predicted octanol–water partition coefficient (Wildman–Crippen LogP) is 1.40. The molecule has 2 heterocycles. The number of carbonyl (C=O) groups excluding carboxylic acids is 1. The maximum Gasteiger partial charge on any atom is 0.262 e. The first-order valence-electron chi connectivity index (χ1n) is 6.29. The lowest BCUT2D eigenvalue weighted by Crippen LogP contribution is -2.54. The molecule has 7 heteroatoms. The zero-order valence-corrected chi connectivity index (χ0v) is 11.9. The molecule has 18 heavy (non-hydrogen) atoms. The highest BCUT2D eigenvalue weighted by Gasteiger charge is 2.50. The predicted molar refractivity (Wildman–Crippen MR) is 68.9 cm³/mol. The standard InChI is InChI=1S/C9H16N2O4S.C2H6/c1-14-15-16-9(8(12)11-13)4-6-2-3-7(5-9)10-6;1-2/h6-7,10,13H,2-5H2,1H3,(H,11,12);1-2H3. The second-order valence-corrected chi connectivity index (χ2v) is 5.38. The van der Waals surface area contributed by atoms with Gasteiger partial charge in [0.25, 0.3) is 5.91 Å². The summed E-state index contributed by atoms with van der Waals surface area (Å²) in [6, 6.07) is 0.646. The maximum atomic E-state index is 11.8. The van der Waals surface area contributed by atoms with Gasteiger partial charge in [-0.15, -0.1) is 0 Å². The quantitative estimate of drug-likeness (QED) is 0.312. The summed E-state index contributed by atoms with van der Waals surface area (Å²) in [5.41, 5.74) is 1.73. The molecule has 2 saturated heterocycles. The highest BCUT2D eigenvalue weighted by Crippen LogP contribution is 2.43. The highest BCUT2D eigenvalue weighted by atomic mass is 32.2. The number of piperidine rings is 1. The van der Waals surface area contributed by atoms with E-state index < -0.39 is 10.7 Å². The third kappa shape index (κ3) is 3.36. The molecular weight excluding hydrogens is 256 g/mol. The third-order valence-corrected chi connectivity index (χ3v) is 4.31. The van der Waals surface area contributed by atoms with Gasteiger partial charge in [-0.1, -0.05) is 13.8 Å². The van der Waals surface area contributed by atoms with Gasteiger partial charge in [-0.05, 0) is 25.7 Å². The SMILES string of the molecule is CC.COOSC1(C(=O)NO)CC2CCC(C1)N2. The van der Waals surface area contributed by atoms with Crippen LogP contribution in [-0.2, 0) is 14.0 Å². The molecule has 0 aromatic carbocycles. The van der Waals surface area contributed by atoms with Crippen molar-refractivity contribution in [3.63, 3.8) is 0 Å². The van der Waals surface area contributed by atoms with Crippen LogP contribution in [0, 0.1) is 0 Å². The van der Waals surface area contributed by atoms with Crippen molar-refractivity contribution in [3.05, 3.63) is 0 Å². The fraction of sp³-hybridized carbons (Fsp3) is 0.909. The number of nitrogens with one attached hydrogen (secondary N) is 2. The lowest BCUT2D eigenvalue weighted by molar-refractivity contribution is -0.163. The summed E-state index contributed by atoms with van der Waals surface area (Å²) in [6.45, 7) is 4.00. The van der Waals surface area contributed by atoms with Gasteiger partial charge in [0.05, 0.1) is 7.11 Å². The number of hydrogen-bond acceptors (Lipinski definition) is 6. The molecule has 2 atom stereocenters. The summed E-state index contributed by atoms with van der Waals surface area (Å²) in [4.78, 5) is 16.3. The Morgan fingerprint density at radius 1 is 1.39 bits per heavy atom. The maximum absolute atomic E-state index is 11.8. The van der Waals surface area contributed by atoms with E-state index in [4.69, 9.17) is 9.54 Å². The minimum atomic E-state index is -0.748. The number of amides is 1. The van der Waals surface area contributed by atoms with E-state index in [1.807, 2.05) is 13.8 Å². The molecule has 2 rings (SSSR count). The first kappa shape index (κ1) is 15.7. The molecule has 2 bridgehead atoms. The van der Waals surface area contributed by atoms with Crippen LogP contribution in [0.3, 0.4) is 0 Å². The van der Waals surface area contributed by atoms with Crippen molar-refractivity contribution in [1.82, 2.24) is 10.8 Å². The first-order chi connectivity index (χ1) is 8.70. The van der Waals surface area contributed by atoms with E-state index in [2.05, 4.69) is 10.2 Å². The molecule has 0 spiro atoms. The highest BCUT2D eigenvalue weighted by molar-refractivity contribution is 7.96. The molecule has 0 radical (unpaired) electrons. The molecule has 2 unspecified atom stereocenters. The second kappa shape index (κ2) is 7.30. The normalized spacial score (nSPS) is 33.6. The monoisotopic (exact) mass is 278 g/mol. The van der Waals surface area contributed by atoms with Gasteiger partial charge in [0.2, 0.25) is 0 Å². The van der Waals surface area contributed by atoms with Gasteiger partial charge < -0.3 is 5.32 Å². The van der Waals surface area contributed by atoms with Gasteiger partial charge in [-0.2, -0.15) is 4.33 Å². The minimum absolute atomic E-state index is 0.323. The molecule has 6 nitrogen and oxygen atoms in total. The van der Waals surface area contributed by atoms with Crippen LogP contribution in [0.2, 0.25) is 0 Å². The Bertz CT molecular complexity index is 266. The van der Waals surface area contributed by atoms with E-state index in [9.17, 15) is 4.79 Å². The Kier molecular flexibility index (Phi) is 6.37. The molecule has 0 aromatic rings. The second-order valence-electron chi connectivity index (χ2n) is 4.30. The van der Waals surface area contributed by atoms with Crippen LogP contribution >= 0.6 is 12.0 Å². The van der Waals surface area contributed by atoms with Gasteiger partial charge in [-0.25, -0.2) is 10.4 Å². The lowest BCUT2D eigenvalue weighted by atomic mass is 9.91. The Morgan fingerprint density at radius 2 is 1.94 bits per heavy atom. The Hall–Kier alpha value is -0.340. The minimum Gasteiger partial charge on any atom is -0.311 e. The van der Waals surface area contributed by atoms with Gasteiger partial charge in [0.15, 0.2) is 0 Å². The average Bonchev–Trinajstić information content (AvgIpc) is 2.77. The van der Waals surface area contributed by atoms with Crippen LogP contribution in [0.25, 0.3) is 0 Å². The van der Waals surface area contributed by atoms with Crippen LogP contribution in [0.1, 0.15) is 39.5 Å². The van der Waals surface area contributed by atoms with E-state index in [-0.39, 0.29) is 0 Å². The van der Waals surface area contributed by atoms with E-state index in [1.165, 1.54) is 7.11 Å².